The standard InChI is InChI=1S/C26H32N8O3/c1-4-22(35)33-11-8-21(33)24(36)28-18-6-5-7-19(14-18)30-26-32-25(29-17-9-12-37-13-10-17)31-23-20(16(2)3)15-27-34(23)26/h4-7,14-17,21H,1,8-13H2,2-3H3,(H,28,36)(H2,29,30,31,32). The van der Waals surface area contributed by atoms with E-state index >= 15 is 0 Å². The van der Waals surface area contributed by atoms with Crippen LogP contribution in [0.3, 0.4) is 0 Å². The largest absolute Gasteiger partial charge is 0.381 e. The van der Waals surface area contributed by atoms with Crippen LogP contribution < -0.4 is 16.0 Å². The highest BCUT2D eigenvalue weighted by Crippen LogP contribution is 2.26. The van der Waals surface area contributed by atoms with Gasteiger partial charge in [0.1, 0.15) is 6.04 Å². The molecule has 3 N–H and O–H groups in total. The van der Waals surface area contributed by atoms with Gasteiger partial charge in [-0.2, -0.15) is 19.6 Å². The third-order valence-corrected chi connectivity index (χ3v) is 6.74. The molecule has 194 valence electrons. The van der Waals surface area contributed by atoms with Gasteiger partial charge in [0, 0.05) is 42.7 Å². The van der Waals surface area contributed by atoms with Crippen LogP contribution in [0, 0.1) is 0 Å². The van der Waals surface area contributed by atoms with Gasteiger partial charge in [-0.3, -0.25) is 9.59 Å². The van der Waals surface area contributed by atoms with Crippen molar-refractivity contribution in [2.24, 2.45) is 0 Å². The van der Waals surface area contributed by atoms with Gasteiger partial charge in [-0.15, -0.1) is 0 Å². The molecule has 2 saturated heterocycles. The molecule has 11 heteroatoms. The fourth-order valence-electron chi connectivity index (χ4n) is 4.54. The Bertz CT molecular complexity index is 1310. The summed E-state index contributed by atoms with van der Waals surface area (Å²) in [5.74, 6) is 0.829. The SMILES string of the molecule is C=CC(=O)N1CCC1C(=O)Nc1cccc(Nc2nc(NC3CCOCC3)nc3c(C(C)C)cnn23)c1. The quantitative estimate of drug-likeness (QED) is 0.399. The molecular weight excluding hydrogens is 472 g/mol. The molecule has 2 fully saturated rings. The Balaban J connectivity index is 1.38. The Labute approximate surface area is 215 Å². The van der Waals surface area contributed by atoms with Crippen LogP contribution in [0.4, 0.5) is 23.3 Å². The molecule has 0 aliphatic carbocycles. The Morgan fingerprint density at radius 1 is 1.16 bits per heavy atom. The van der Waals surface area contributed by atoms with Gasteiger partial charge in [-0.1, -0.05) is 26.5 Å². The molecule has 0 bridgehead atoms. The fourth-order valence-corrected chi connectivity index (χ4v) is 4.54. The van der Waals surface area contributed by atoms with E-state index < -0.39 is 6.04 Å². The number of ether oxygens (including phenoxy) is 1. The maximum Gasteiger partial charge on any atom is 0.247 e. The van der Waals surface area contributed by atoms with Gasteiger partial charge in [0.25, 0.3) is 0 Å². The molecule has 0 radical (unpaired) electrons. The number of anilines is 4. The summed E-state index contributed by atoms with van der Waals surface area (Å²) in [6, 6.07) is 7.11. The second-order valence-electron chi connectivity index (χ2n) is 9.63. The summed E-state index contributed by atoms with van der Waals surface area (Å²) in [5.41, 5.74) is 3.11. The molecular formula is C26H32N8O3. The van der Waals surface area contributed by atoms with Gasteiger partial charge in [0.05, 0.1) is 6.20 Å². The van der Waals surface area contributed by atoms with Crippen molar-refractivity contribution >= 4 is 40.7 Å². The zero-order valence-electron chi connectivity index (χ0n) is 21.1. The second-order valence-corrected chi connectivity index (χ2v) is 9.63. The lowest BCUT2D eigenvalue weighted by Gasteiger charge is -2.39. The van der Waals surface area contributed by atoms with Crippen molar-refractivity contribution in [3.05, 3.63) is 48.7 Å². The van der Waals surface area contributed by atoms with Gasteiger partial charge in [0.2, 0.25) is 23.7 Å². The lowest BCUT2D eigenvalue weighted by Crippen LogP contribution is -2.56. The number of carbonyl (C=O) groups excluding carboxylic acids is 2. The monoisotopic (exact) mass is 504 g/mol. The summed E-state index contributed by atoms with van der Waals surface area (Å²) in [6.45, 7) is 9.71. The van der Waals surface area contributed by atoms with Gasteiger partial charge >= 0.3 is 0 Å². The molecule has 37 heavy (non-hydrogen) atoms. The summed E-state index contributed by atoms with van der Waals surface area (Å²) in [7, 11) is 0. The Hall–Kier alpha value is -3.99. The highest BCUT2D eigenvalue weighted by molar-refractivity contribution is 6.00. The number of aromatic nitrogens is 4. The van der Waals surface area contributed by atoms with E-state index in [1.54, 1.807) is 10.6 Å². The normalized spacial score (nSPS) is 17.9. The number of nitrogens with one attached hydrogen (secondary N) is 3. The van der Waals surface area contributed by atoms with Crippen LogP contribution in [0.25, 0.3) is 5.65 Å². The molecule has 2 aliphatic heterocycles. The van der Waals surface area contributed by atoms with Crippen LogP contribution in [0.5, 0.6) is 0 Å². The maximum absolute atomic E-state index is 12.8. The first-order chi connectivity index (χ1) is 17.9. The first-order valence-corrected chi connectivity index (χ1v) is 12.6. The minimum atomic E-state index is -0.485. The average Bonchev–Trinajstić information content (AvgIpc) is 3.29. The number of likely N-dealkylation sites (tertiary alicyclic amines) is 1. The zero-order chi connectivity index (χ0) is 25.9. The van der Waals surface area contributed by atoms with Crippen molar-refractivity contribution in [1.29, 1.82) is 0 Å². The summed E-state index contributed by atoms with van der Waals surface area (Å²) in [4.78, 5) is 35.7. The number of hydrogen-bond acceptors (Lipinski definition) is 8. The van der Waals surface area contributed by atoms with Gasteiger partial charge < -0.3 is 25.6 Å². The highest BCUT2D eigenvalue weighted by Gasteiger charge is 2.36. The van der Waals surface area contributed by atoms with Crippen LogP contribution >= 0.6 is 0 Å². The van der Waals surface area contributed by atoms with E-state index in [0.717, 1.165) is 29.7 Å². The van der Waals surface area contributed by atoms with E-state index in [0.29, 0.717) is 43.8 Å². The van der Waals surface area contributed by atoms with E-state index in [1.165, 1.54) is 11.0 Å². The van der Waals surface area contributed by atoms with E-state index in [2.05, 4.69) is 41.5 Å². The molecule has 1 unspecified atom stereocenters. The van der Waals surface area contributed by atoms with E-state index in [-0.39, 0.29) is 23.8 Å². The second kappa shape index (κ2) is 10.6. The van der Waals surface area contributed by atoms with Crippen molar-refractivity contribution in [3.8, 4) is 0 Å². The number of amides is 2. The minimum absolute atomic E-state index is 0.223. The molecule has 1 atom stereocenters. The summed E-state index contributed by atoms with van der Waals surface area (Å²) in [6.07, 6.45) is 5.47. The smallest absolute Gasteiger partial charge is 0.247 e. The first-order valence-electron chi connectivity index (χ1n) is 12.6. The van der Waals surface area contributed by atoms with E-state index in [1.807, 2.05) is 24.4 Å². The lowest BCUT2D eigenvalue weighted by atomic mass is 10.0. The molecule has 11 nitrogen and oxygen atoms in total. The zero-order valence-corrected chi connectivity index (χ0v) is 21.1. The molecule has 2 aromatic heterocycles. The van der Waals surface area contributed by atoms with Crippen molar-refractivity contribution < 1.29 is 14.3 Å². The number of hydrogen-bond donors (Lipinski definition) is 3. The predicted molar refractivity (Wildman–Crippen MR) is 141 cm³/mol. The van der Waals surface area contributed by atoms with Crippen molar-refractivity contribution in [1.82, 2.24) is 24.5 Å². The molecule has 1 aromatic carbocycles. The molecule has 2 aliphatic rings. The molecule has 2 amide bonds. The number of carbonyl (C=O) groups is 2. The van der Waals surface area contributed by atoms with Gasteiger partial charge in [-0.25, -0.2) is 0 Å². The highest BCUT2D eigenvalue weighted by atomic mass is 16.5. The Kier molecular flexibility index (Phi) is 7.04. The predicted octanol–water partition coefficient (Wildman–Crippen LogP) is 3.31. The van der Waals surface area contributed by atoms with Crippen molar-refractivity contribution in [3.63, 3.8) is 0 Å². The van der Waals surface area contributed by atoms with Crippen LogP contribution in [-0.2, 0) is 14.3 Å². The Morgan fingerprint density at radius 3 is 2.65 bits per heavy atom. The average molecular weight is 505 g/mol. The summed E-state index contributed by atoms with van der Waals surface area (Å²) < 4.78 is 7.17. The van der Waals surface area contributed by atoms with E-state index in [9.17, 15) is 9.59 Å². The molecule has 4 heterocycles. The molecule has 0 saturated carbocycles. The molecule has 5 rings (SSSR count). The molecule has 3 aromatic rings. The topological polar surface area (TPSA) is 126 Å². The number of rotatable bonds is 8. The van der Waals surface area contributed by atoms with Crippen molar-refractivity contribution in [2.45, 2.75) is 51.1 Å². The van der Waals surface area contributed by atoms with Crippen LogP contribution in [0.15, 0.2) is 43.1 Å². The maximum atomic E-state index is 12.8. The summed E-state index contributed by atoms with van der Waals surface area (Å²) >= 11 is 0. The first kappa shape index (κ1) is 24.7. The fraction of sp³-hybridized carbons (Fsp3) is 0.423. The Morgan fingerprint density at radius 2 is 1.95 bits per heavy atom. The third kappa shape index (κ3) is 5.26. The van der Waals surface area contributed by atoms with E-state index in [4.69, 9.17) is 14.7 Å². The number of nitrogens with zero attached hydrogens (tertiary/aromatic N) is 5. The summed E-state index contributed by atoms with van der Waals surface area (Å²) in [5, 5.41) is 14.2. The lowest BCUT2D eigenvalue weighted by molar-refractivity contribution is -0.141. The van der Waals surface area contributed by atoms with Gasteiger partial charge in [0.15, 0.2) is 5.65 Å². The van der Waals surface area contributed by atoms with Crippen LogP contribution in [0.2, 0.25) is 0 Å². The minimum Gasteiger partial charge on any atom is -0.381 e. The number of benzene rings is 1. The van der Waals surface area contributed by atoms with Crippen LogP contribution in [0.1, 0.15) is 44.6 Å². The number of fused-ring (bicyclic) bond motifs is 1. The third-order valence-electron chi connectivity index (χ3n) is 6.74. The van der Waals surface area contributed by atoms with Crippen LogP contribution in [-0.4, -0.2) is 68.1 Å². The van der Waals surface area contributed by atoms with Gasteiger partial charge in [-0.05, 0) is 49.5 Å². The van der Waals surface area contributed by atoms with Crippen molar-refractivity contribution in [2.75, 3.05) is 35.7 Å². The molecule has 0 spiro atoms.